The van der Waals surface area contributed by atoms with Crippen LogP contribution in [0.15, 0.2) is 30.3 Å². The SMILES string of the molecule is CNCC(C)C(=O)NC(C)C1CCN(Cc2ccccc2)C1. The lowest BCUT2D eigenvalue weighted by Gasteiger charge is -2.23. The fourth-order valence-corrected chi connectivity index (χ4v) is 3.14. The number of carbonyl (C=O) groups is 1. The van der Waals surface area contributed by atoms with Crippen LogP contribution < -0.4 is 10.6 Å². The maximum absolute atomic E-state index is 12.1. The van der Waals surface area contributed by atoms with Gasteiger partial charge in [-0.15, -0.1) is 0 Å². The highest BCUT2D eigenvalue weighted by molar-refractivity contribution is 5.78. The second kappa shape index (κ2) is 8.30. The molecule has 1 aliphatic rings. The molecule has 0 saturated carbocycles. The summed E-state index contributed by atoms with van der Waals surface area (Å²) in [7, 11) is 1.88. The summed E-state index contributed by atoms with van der Waals surface area (Å²) in [4.78, 5) is 14.6. The van der Waals surface area contributed by atoms with Gasteiger partial charge in [0.1, 0.15) is 0 Å². The molecule has 0 spiro atoms. The third kappa shape index (κ3) is 4.82. The molecule has 1 aromatic rings. The maximum Gasteiger partial charge on any atom is 0.224 e. The molecule has 2 N–H and O–H groups in total. The molecule has 4 heteroatoms. The van der Waals surface area contributed by atoms with Crippen molar-refractivity contribution < 1.29 is 4.79 Å². The summed E-state index contributed by atoms with van der Waals surface area (Å²) in [5.41, 5.74) is 1.36. The van der Waals surface area contributed by atoms with Gasteiger partial charge in [0.05, 0.1) is 0 Å². The summed E-state index contributed by atoms with van der Waals surface area (Å²) in [5, 5.41) is 6.24. The summed E-state index contributed by atoms with van der Waals surface area (Å²) < 4.78 is 0. The van der Waals surface area contributed by atoms with Crippen molar-refractivity contribution in [1.29, 1.82) is 0 Å². The standard InChI is InChI=1S/C18H29N3O/c1-14(11-19-3)18(22)20-15(2)17-9-10-21(13-17)12-16-7-5-4-6-8-16/h4-8,14-15,17,19H,9-13H2,1-3H3,(H,20,22). The van der Waals surface area contributed by atoms with Crippen molar-refractivity contribution in [3.05, 3.63) is 35.9 Å². The number of nitrogens with zero attached hydrogens (tertiary/aromatic N) is 1. The zero-order valence-electron chi connectivity index (χ0n) is 14.0. The van der Waals surface area contributed by atoms with E-state index in [0.717, 1.165) is 32.6 Å². The van der Waals surface area contributed by atoms with Crippen molar-refractivity contribution in [2.75, 3.05) is 26.7 Å². The topological polar surface area (TPSA) is 44.4 Å². The number of hydrogen-bond acceptors (Lipinski definition) is 3. The van der Waals surface area contributed by atoms with Crippen molar-refractivity contribution in [3.8, 4) is 0 Å². The summed E-state index contributed by atoms with van der Waals surface area (Å²) in [6, 6.07) is 10.8. The van der Waals surface area contributed by atoms with Gasteiger partial charge in [-0.05, 0) is 38.4 Å². The van der Waals surface area contributed by atoms with Gasteiger partial charge in [-0.25, -0.2) is 0 Å². The van der Waals surface area contributed by atoms with Crippen LogP contribution in [0.1, 0.15) is 25.8 Å². The monoisotopic (exact) mass is 303 g/mol. The number of likely N-dealkylation sites (tertiary alicyclic amines) is 1. The van der Waals surface area contributed by atoms with Crippen LogP contribution in [-0.2, 0) is 11.3 Å². The summed E-state index contributed by atoms with van der Waals surface area (Å²) in [6.45, 7) is 8.02. The van der Waals surface area contributed by atoms with Gasteiger partial charge in [0.15, 0.2) is 0 Å². The van der Waals surface area contributed by atoms with Gasteiger partial charge in [0.25, 0.3) is 0 Å². The highest BCUT2D eigenvalue weighted by Crippen LogP contribution is 2.21. The average Bonchev–Trinajstić information content (AvgIpc) is 2.97. The van der Waals surface area contributed by atoms with Crippen LogP contribution in [0.2, 0.25) is 0 Å². The minimum Gasteiger partial charge on any atom is -0.353 e. The van der Waals surface area contributed by atoms with E-state index in [1.54, 1.807) is 0 Å². The second-order valence-corrected chi connectivity index (χ2v) is 6.53. The number of amides is 1. The molecule has 122 valence electrons. The van der Waals surface area contributed by atoms with Crippen molar-refractivity contribution in [3.63, 3.8) is 0 Å². The fourth-order valence-electron chi connectivity index (χ4n) is 3.14. The Bertz CT molecular complexity index is 463. The van der Waals surface area contributed by atoms with E-state index < -0.39 is 0 Å². The molecule has 0 radical (unpaired) electrons. The fraction of sp³-hybridized carbons (Fsp3) is 0.611. The normalized spacial score (nSPS) is 21.5. The van der Waals surface area contributed by atoms with Gasteiger partial charge in [0.2, 0.25) is 5.91 Å². The Balaban J connectivity index is 1.78. The van der Waals surface area contributed by atoms with Gasteiger partial charge in [-0.2, -0.15) is 0 Å². The second-order valence-electron chi connectivity index (χ2n) is 6.53. The molecule has 2 rings (SSSR count). The smallest absolute Gasteiger partial charge is 0.224 e. The van der Waals surface area contributed by atoms with Gasteiger partial charge < -0.3 is 10.6 Å². The van der Waals surface area contributed by atoms with E-state index >= 15 is 0 Å². The lowest BCUT2D eigenvalue weighted by Crippen LogP contribution is -2.43. The number of benzene rings is 1. The molecular weight excluding hydrogens is 274 g/mol. The molecule has 22 heavy (non-hydrogen) atoms. The Morgan fingerprint density at radius 3 is 2.73 bits per heavy atom. The molecule has 3 atom stereocenters. The van der Waals surface area contributed by atoms with E-state index in [2.05, 4.69) is 52.8 Å². The Kier molecular flexibility index (Phi) is 6.40. The molecule has 0 bridgehead atoms. The Labute approximate surface area is 134 Å². The van der Waals surface area contributed by atoms with Crippen LogP contribution in [-0.4, -0.2) is 43.5 Å². The van der Waals surface area contributed by atoms with Crippen LogP contribution in [0.5, 0.6) is 0 Å². The molecule has 1 saturated heterocycles. The Morgan fingerprint density at radius 1 is 1.32 bits per heavy atom. The Hall–Kier alpha value is -1.39. The molecule has 1 aliphatic heterocycles. The first-order valence-electron chi connectivity index (χ1n) is 8.31. The van der Waals surface area contributed by atoms with E-state index in [-0.39, 0.29) is 17.9 Å². The van der Waals surface area contributed by atoms with Gasteiger partial charge in [0, 0.05) is 31.6 Å². The first-order valence-corrected chi connectivity index (χ1v) is 8.31. The lowest BCUT2D eigenvalue weighted by molar-refractivity contribution is -0.125. The molecule has 1 amide bonds. The van der Waals surface area contributed by atoms with Crippen molar-refractivity contribution in [1.82, 2.24) is 15.5 Å². The molecule has 0 aliphatic carbocycles. The van der Waals surface area contributed by atoms with Crippen LogP contribution in [0.4, 0.5) is 0 Å². The van der Waals surface area contributed by atoms with Crippen LogP contribution >= 0.6 is 0 Å². The van der Waals surface area contributed by atoms with Gasteiger partial charge >= 0.3 is 0 Å². The van der Waals surface area contributed by atoms with E-state index in [1.807, 2.05) is 14.0 Å². The predicted octanol–water partition coefficient (Wildman–Crippen LogP) is 1.87. The van der Waals surface area contributed by atoms with Crippen LogP contribution in [0.3, 0.4) is 0 Å². The lowest BCUT2D eigenvalue weighted by atomic mass is 9.99. The molecular formula is C18H29N3O. The molecule has 1 fully saturated rings. The average molecular weight is 303 g/mol. The zero-order valence-corrected chi connectivity index (χ0v) is 14.0. The van der Waals surface area contributed by atoms with E-state index in [0.29, 0.717) is 5.92 Å². The first kappa shape index (κ1) is 17.0. The molecule has 1 heterocycles. The van der Waals surface area contributed by atoms with Gasteiger partial charge in [-0.1, -0.05) is 37.3 Å². The van der Waals surface area contributed by atoms with Crippen LogP contribution in [0.25, 0.3) is 0 Å². The number of hydrogen-bond donors (Lipinski definition) is 2. The quantitative estimate of drug-likeness (QED) is 0.808. The van der Waals surface area contributed by atoms with Crippen molar-refractivity contribution in [2.24, 2.45) is 11.8 Å². The number of nitrogens with one attached hydrogen (secondary N) is 2. The van der Waals surface area contributed by atoms with Gasteiger partial charge in [-0.3, -0.25) is 9.69 Å². The third-order valence-corrected chi connectivity index (χ3v) is 4.59. The largest absolute Gasteiger partial charge is 0.353 e. The summed E-state index contributed by atoms with van der Waals surface area (Å²) >= 11 is 0. The first-order chi connectivity index (χ1) is 10.6. The number of rotatable bonds is 7. The highest BCUT2D eigenvalue weighted by atomic mass is 16.1. The highest BCUT2D eigenvalue weighted by Gasteiger charge is 2.28. The zero-order chi connectivity index (χ0) is 15.9. The minimum absolute atomic E-state index is 0.0225. The van der Waals surface area contributed by atoms with E-state index in [1.165, 1.54) is 5.56 Å². The predicted molar refractivity (Wildman–Crippen MR) is 90.5 cm³/mol. The molecule has 1 aromatic carbocycles. The molecule has 0 aromatic heterocycles. The van der Waals surface area contributed by atoms with Crippen molar-refractivity contribution >= 4 is 5.91 Å². The van der Waals surface area contributed by atoms with E-state index in [4.69, 9.17) is 0 Å². The summed E-state index contributed by atoms with van der Waals surface area (Å²) in [5.74, 6) is 0.729. The molecule has 3 unspecified atom stereocenters. The minimum atomic E-state index is 0.0225. The molecule has 4 nitrogen and oxygen atoms in total. The van der Waals surface area contributed by atoms with Crippen molar-refractivity contribution in [2.45, 2.75) is 32.9 Å². The van der Waals surface area contributed by atoms with E-state index in [9.17, 15) is 4.79 Å². The summed E-state index contributed by atoms with van der Waals surface area (Å²) in [6.07, 6.45) is 1.16. The van der Waals surface area contributed by atoms with Crippen LogP contribution in [0, 0.1) is 11.8 Å². The number of carbonyl (C=O) groups excluding carboxylic acids is 1. The Morgan fingerprint density at radius 2 is 2.05 bits per heavy atom. The maximum atomic E-state index is 12.1. The third-order valence-electron chi connectivity index (χ3n) is 4.59.